The van der Waals surface area contributed by atoms with Crippen LogP contribution < -0.4 is 10.6 Å². The summed E-state index contributed by atoms with van der Waals surface area (Å²) < 4.78 is 0. The largest absolute Gasteiger partial charge is 0.409 e. The lowest BCUT2D eigenvalue weighted by Gasteiger charge is -2.25. The Balaban J connectivity index is 2.18. The average molecular weight is 234 g/mol. The molecule has 0 amide bonds. The number of anilines is 1. The number of amidine groups is 1. The molecule has 1 aliphatic rings. The van der Waals surface area contributed by atoms with Crippen LogP contribution in [0.1, 0.15) is 31.9 Å². The van der Waals surface area contributed by atoms with Gasteiger partial charge in [-0.05, 0) is 31.4 Å². The maximum Gasteiger partial charge on any atom is 0.188 e. The molecular weight excluding hydrogens is 216 g/mol. The molecule has 0 saturated carbocycles. The molecule has 0 bridgehead atoms. The molecule has 0 radical (unpaired) electrons. The van der Waals surface area contributed by atoms with E-state index < -0.39 is 0 Å². The molecule has 1 aliphatic heterocycles. The fourth-order valence-corrected chi connectivity index (χ4v) is 2.36. The molecule has 0 aromatic carbocycles. The first kappa shape index (κ1) is 11.7. The summed E-state index contributed by atoms with van der Waals surface area (Å²) in [6, 6.07) is 4.38. The highest BCUT2D eigenvalue weighted by Crippen LogP contribution is 2.26. The molecule has 5 nitrogen and oxygen atoms in total. The smallest absolute Gasteiger partial charge is 0.188 e. The van der Waals surface area contributed by atoms with E-state index in [0.29, 0.717) is 11.7 Å². The maximum absolute atomic E-state index is 8.56. The lowest BCUT2D eigenvalue weighted by molar-refractivity contribution is 0.318. The van der Waals surface area contributed by atoms with Gasteiger partial charge < -0.3 is 15.8 Å². The Labute approximate surface area is 101 Å². The minimum absolute atomic E-state index is 0.0463. The van der Waals surface area contributed by atoms with E-state index in [1.54, 1.807) is 12.3 Å². The van der Waals surface area contributed by atoms with Crippen LogP contribution in [-0.4, -0.2) is 28.6 Å². The minimum atomic E-state index is 0.0463. The summed E-state index contributed by atoms with van der Waals surface area (Å²) in [7, 11) is 0. The molecule has 1 atom stereocenters. The third kappa shape index (κ3) is 2.33. The predicted molar refractivity (Wildman–Crippen MR) is 67.4 cm³/mol. The number of hydrogen-bond donors (Lipinski definition) is 2. The summed E-state index contributed by atoms with van der Waals surface area (Å²) in [6.45, 7) is 3.30. The van der Waals surface area contributed by atoms with Gasteiger partial charge in [-0.3, -0.25) is 4.98 Å². The van der Waals surface area contributed by atoms with Gasteiger partial charge in [0.25, 0.3) is 0 Å². The topological polar surface area (TPSA) is 74.7 Å². The average Bonchev–Trinajstić information content (AvgIpc) is 2.86. The monoisotopic (exact) mass is 234 g/mol. The third-order valence-corrected chi connectivity index (χ3v) is 3.30. The van der Waals surface area contributed by atoms with Crippen LogP contribution in [0.4, 0.5) is 5.69 Å². The normalized spacial score (nSPS) is 20.9. The Bertz CT molecular complexity index is 401. The van der Waals surface area contributed by atoms with E-state index in [4.69, 9.17) is 10.9 Å². The van der Waals surface area contributed by atoms with Crippen molar-refractivity contribution < 1.29 is 5.21 Å². The van der Waals surface area contributed by atoms with E-state index in [-0.39, 0.29) is 5.84 Å². The van der Waals surface area contributed by atoms with Gasteiger partial charge in [0.1, 0.15) is 5.69 Å². The molecule has 17 heavy (non-hydrogen) atoms. The van der Waals surface area contributed by atoms with Gasteiger partial charge in [-0.2, -0.15) is 0 Å². The summed E-state index contributed by atoms with van der Waals surface area (Å²) in [6.07, 6.45) is 5.43. The molecule has 1 fully saturated rings. The van der Waals surface area contributed by atoms with E-state index in [1.807, 2.05) is 6.07 Å². The number of oxime groups is 1. The lowest BCUT2D eigenvalue weighted by atomic mass is 10.1. The molecule has 2 heterocycles. The predicted octanol–water partition coefficient (Wildman–Crippen LogP) is 1.55. The number of hydrogen-bond acceptors (Lipinski definition) is 4. The van der Waals surface area contributed by atoms with Gasteiger partial charge >= 0.3 is 0 Å². The van der Waals surface area contributed by atoms with Crippen molar-refractivity contribution in [3.05, 3.63) is 24.0 Å². The molecule has 0 spiro atoms. The van der Waals surface area contributed by atoms with E-state index in [0.717, 1.165) is 18.7 Å². The van der Waals surface area contributed by atoms with Gasteiger partial charge in [0.2, 0.25) is 0 Å². The van der Waals surface area contributed by atoms with Crippen LogP contribution in [-0.2, 0) is 0 Å². The van der Waals surface area contributed by atoms with Crippen LogP contribution in [0.25, 0.3) is 0 Å². The van der Waals surface area contributed by atoms with E-state index >= 15 is 0 Å². The zero-order chi connectivity index (χ0) is 12.3. The molecule has 1 aromatic heterocycles. The number of nitrogens with zero attached hydrogens (tertiary/aromatic N) is 3. The van der Waals surface area contributed by atoms with Crippen molar-refractivity contribution in [3.63, 3.8) is 0 Å². The Kier molecular flexibility index (Phi) is 3.46. The number of aromatic nitrogens is 1. The Morgan fingerprint density at radius 1 is 1.65 bits per heavy atom. The number of pyridine rings is 1. The summed E-state index contributed by atoms with van der Waals surface area (Å²) in [5, 5.41) is 11.5. The molecule has 3 N–H and O–H groups in total. The molecule has 5 heteroatoms. The molecule has 1 saturated heterocycles. The molecule has 92 valence electrons. The second-order valence-electron chi connectivity index (χ2n) is 4.28. The molecular formula is C12H18N4O. The first-order valence-electron chi connectivity index (χ1n) is 5.97. The molecule has 1 aromatic rings. The van der Waals surface area contributed by atoms with Crippen molar-refractivity contribution in [2.24, 2.45) is 10.9 Å². The Morgan fingerprint density at radius 3 is 3.06 bits per heavy atom. The van der Waals surface area contributed by atoms with E-state index in [9.17, 15) is 0 Å². The zero-order valence-electron chi connectivity index (χ0n) is 10.0. The van der Waals surface area contributed by atoms with Crippen molar-refractivity contribution in [3.8, 4) is 0 Å². The Morgan fingerprint density at radius 2 is 2.47 bits per heavy atom. The first-order chi connectivity index (χ1) is 8.26. The lowest BCUT2D eigenvalue weighted by Crippen LogP contribution is -2.28. The second kappa shape index (κ2) is 5.03. The van der Waals surface area contributed by atoms with Gasteiger partial charge in [0, 0.05) is 12.6 Å². The third-order valence-electron chi connectivity index (χ3n) is 3.30. The van der Waals surface area contributed by atoms with Crippen LogP contribution in [0, 0.1) is 0 Å². The van der Waals surface area contributed by atoms with E-state index in [2.05, 4.69) is 22.0 Å². The summed E-state index contributed by atoms with van der Waals surface area (Å²) in [5.41, 5.74) is 7.09. The van der Waals surface area contributed by atoms with Crippen LogP contribution in [0.3, 0.4) is 0 Å². The van der Waals surface area contributed by atoms with Crippen molar-refractivity contribution >= 4 is 11.5 Å². The zero-order valence-corrected chi connectivity index (χ0v) is 10.0. The highest BCUT2D eigenvalue weighted by molar-refractivity contribution is 5.95. The van der Waals surface area contributed by atoms with E-state index in [1.165, 1.54) is 12.8 Å². The van der Waals surface area contributed by atoms with Gasteiger partial charge in [0.05, 0.1) is 11.9 Å². The van der Waals surface area contributed by atoms with Crippen LogP contribution >= 0.6 is 0 Å². The van der Waals surface area contributed by atoms with Crippen molar-refractivity contribution in [1.29, 1.82) is 0 Å². The summed E-state index contributed by atoms with van der Waals surface area (Å²) >= 11 is 0. The number of rotatable bonds is 3. The van der Waals surface area contributed by atoms with Crippen LogP contribution in [0.5, 0.6) is 0 Å². The van der Waals surface area contributed by atoms with Gasteiger partial charge in [0.15, 0.2) is 5.84 Å². The SMILES string of the molecule is CCC1CCCN1c1ccc(/C(N)=N/O)nc1. The fraction of sp³-hybridized carbons (Fsp3) is 0.500. The molecule has 0 aliphatic carbocycles. The van der Waals surface area contributed by atoms with Gasteiger partial charge in [-0.15, -0.1) is 0 Å². The quantitative estimate of drug-likeness (QED) is 0.360. The molecule has 1 unspecified atom stereocenters. The summed E-state index contributed by atoms with van der Waals surface area (Å²) in [4.78, 5) is 6.58. The van der Waals surface area contributed by atoms with Crippen LogP contribution in [0.15, 0.2) is 23.5 Å². The standard InChI is InChI=1S/C12H18N4O/c1-2-9-4-3-7-16(9)10-5-6-11(14-8-10)12(13)15-17/h5-6,8-9,17H,2-4,7H2,1H3,(H2,13,15). The highest BCUT2D eigenvalue weighted by Gasteiger charge is 2.23. The van der Waals surface area contributed by atoms with Crippen molar-refractivity contribution in [1.82, 2.24) is 4.98 Å². The summed E-state index contributed by atoms with van der Waals surface area (Å²) in [5.74, 6) is 0.0463. The second-order valence-corrected chi connectivity index (χ2v) is 4.28. The highest BCUT2D eigenvalue weighted by atomic mass is 16.4. The Hall–Kier alpha value is -1.78. The van der Waals surface area contributed by atoms with Crippen LogP contribution in [0.2, 0.25) is 0 Å². The number of nitrogens with two attached hydrogens (primary N) is 1. The first-order valence-corrected chi connectivity index (χ1v) is 5.97. The van der Waals surface area contributed by atoms with Crippen molar-refractivity contribution in [2.75, 3.05) is 11.4 Å². The maximum atomic E-state index is 8.56. The van der Waals surface area contributed by atoms with Crippen molar-refractivity contribution in [2.45, 2.75) is 32.2 Å². The molecule has 2 rings (SSSR count). The van der Waals surface area contributed by atoms with Gasteiger partial charge in [-0.1, -0.05) is 12.1 Å². The fourth-order valence-electron chi connectivity index (χ4n) is 2.36. The minimum Gasteiger partial charge on any atom is -0.409 e. The van der Waals surface area contributed by atoms with Gasteiger partial charge in [-0.25, -0.2) is 0 Å².